The van der Waals surface area contributed by atoms with Crippen molar-refractivity contribution in [1.82, 2.24) is 0 Å². The number of carbonyl (C=O) groups is 2. The molecule has 0 fully saturated rings. The van der Waals surface area contributed by atoms with Crippen molar-refractivity contribution >= 4 is 17.4 Å². The summed E-state index contributed by atoms with van der Waals surface area (Å²) in [7, 11) is 0. The van der Waals surface area contributed by atoms with E-state index in [2.05, 4.69) is 0 Å². The number of hydrogen-bond acceptors (Lipinski definition) is 3. The van der Waals surface area contributed by atoms with Crippen molar-refractivity contribution in [3.05, 3.63) is 76.6 Å². The molecule has 3 rings (SSSR count). The number of amides is 1. The number of anilines is 1. The highest BCUT2D eigenvalue weighted by atomic mass is 16.3. The fourth-order valence-corrected chi connectivity index (χ4v) is 3.28. The molecule has 1 aliphatic rings. The minimum absolute atomic E-state index is 0.180. The summed E-state index contributed by atoms with van der Waals surface area (Å²) in [6.07, 6.45) is 0.233. The van der Waals surface area contributed by atoms with Crippen LogP contribution in [0.4, 0.5) is 5.69 Å². The van der Waals surface area contributed by atoms with Gasteiger partial charge in [0.1, 0.15) is 0 Å². The molecule has 0 saturated heterocycles. The van der Waals surface area contributed by atoms with Crippen LogP contribution in [0.15, 0.2) is 59.9 Å². The third kappa shape index (κ3) is 2.95. The molecule has 1 aliphatic heterocycles. The number of hydrogen-bond donors (Lipinski definition) is 1. The Morgan fingerprint density at radius 3 is 2.32 bits per heavy atom. The van der Waals surface area contributed by atoms with Gasteiger partial charge < -0.3 is 5.11 Å². The standard InChI is InChI=1S/C21H21NO3/c1-4-17(23)18-19(15-9-5-7-13(2)11-15)22(21(25)20(18)24)16-10-6-8-14(3)12-16/h5-12,19,24H,4H2,1-3H3. The molecule has 0 spiro atoms. The second-order valence-electron chi connectivity index (χ2n) is 6.37. The van der Waals surface area contributed by atoms with Crippen LogP contribution in [0.3, 0.4) is 0 Å². The smallest absolute Gasteiger partial charge is 0.294 e. The number of aryl methyl sites for hydroxylation is 2. The van der Waals surface area contributed by atoms with Gasteiger partial charge in [0, 0.05) is 12.1 Å². The highest BCUT2D eigenvalue weighted by Gasteiger charge is 2.43. The second kappa shape index (κ2) is 6.55. The maximum absolute atomic E-state index is 12.8. The Labute approximate surface area is 147 Å². The fraction of sp³-hybridized carbons (Fsp3) is 0.238. The average Bonchev–Trinajstić information content (AvgIpc) is 2.86. The average molecular weight is 335 g/mol. The van der Waals surface area contributed by atoms with Gasteiger partial charge in [-0.25, -0.2) is 0 Å². The van der Waals surface area contributed by atoms with Crippen LogP contribution in [0.1, 0.15) is 36.1 Å². The van der Waals surface area contributed by atoms with E-state index in [1.54, 1.807) is 6.92 Å². The maximum Gasteiger partial charge on any atom is 0.294 e. The van der Waals surface area contributed by atoms with E-state index in [1.807, 2.05) is 62.4 Å². The molecule has 0 bridgehead atoms. The van der Waals surface area contributed by atoms with E-state index < -0.39 is 17.7 Å². The van der Waals surface area contributed by atoms with Crippen LogP contribution in [0.2, 0.25) is 0 Å². The van der Waals surface area contributed by atoms with Gasteiger partial charge in [0.25, 0.3) is 5.91 Å². The molecule has 1 unspecified atom stereocenters. The van der Waals surface area contributed by atoms with Crippen molar-refractivity contribution in [2.75, 3.05) is 4.90 Å². The molecule has 0 aliphatic carbocycles. The monoisotopic (exact) mass is 335 g/mol. The molecule has 4 nitrogen and oxygen atoms in total. The molecule has 0 radical (unpaired) electrons. The molecular weight excluding hydrogens is 314 g/mol. The topological polar surface area (TPSA) is 57.6 Å². The van der Waals surface area contributed by atoms with E-state index in [4.69, 9.17) is 0 Å². The molecule has 2 aromatic carbocycles. The molecule has 1 heterocycles. The van der Waals surface area contributed by atoms with Gasteiger partial charge in [-0.05, 0) is 37.1 Å². The van der Waals surface area contributed by atoms with Crippen molar-refractivity contribution in [3.63, 3.8) is 0 Å². The van der Waals surface area contributed by atoms with Crippen LogP contribution >= 0.6 is 0 Å². The van der Waals surface area contributed by atoms with Crippen molar-refractivity contribution in [3.8, 4) is 0 Å². The molecule has 1 atom stereocenters. The van der Waals surface area contributed by atoms with Gasteiger partial charge in [-0.1, -0.05) is 48.9 Å². The zero-order valence-corrected chi connectivity index (χ0v) is 14.6. The van der Waals surface area contributed by atoms with Gasteiger partial charge in [0.15, 0.2) is 11.5 Å². The van der Waals surface area contributed by atoms with Gasteiger partial charge in [-0.15, -0.1) is 0 Å². The highest BCUT2D eigenvalue weighted by Crippen LogP contribution is 2.41. The summed E-state index contributed by atoms with van der Waals surface area (Å²) in [6.45, 7) is 5.63. The van der Waals surface area contributed by atoms with Gasteiger partial charge >= 0.3 is 0 Å². The minimum atomic E-state index is -0.610. The van der Waals surface area contributed by atoms with E-state index in [0.717, 1.165) is 16.7 Å². The summed E-state index contributed by atoms with van der Waals surface area (Å²) in [5.74, 6) is -1.19. The van der Waals surface area contributed by atoms with Crippen molar-refractivity contribution in [1.29, 1.82) is 0 Å². The number of Topliss-reactive ketones (excluding diaryl/α,β-unsaturated/α-hetero) is 1. The number of rotatable bonds is 4. The van der Waals surface area contributed by atoms with Crippen molar-refractivity contribution in [2.45, 2.75) is 33.2 Å². The Morgan fingerprint density at radius 1 is 1.08 bits per heavy atom. The number of benzene rings is 2. The predicted molar refractivity (Wildman–Crippen MR) is 97.5 cm³/mol. The molecule has 1 amide bonds. The lowest BCUT2D eigenvalue weighted by Gasteiger charge is -2.27. The summed E-state index contributed by atoms with van der Waals surface area (Å²) in [4.78, 5) is 26.8. The fourth-order valence-electron chi connectivity index (χ4n) is 3.28. The first-order valence-electron chi connectivity index (χ1n) is 8.37. The SMILES string of the molecule is CCC(=O)C1=C(O)C(=O)N(c2cccc(C)c2)C1c1cccc(C)c1. The Morgan fingerprint density at radius 2 is 1.72 bits per heavy atom. The zero-order chi connectivity index (χ0) is 18.1. The molecule has 2 aromatic rings. The van der Waals surface area contributed by atoms with E-state index >= 15 is 0 Å². The van der Waals surface area contributed by atoms with Crippen LogP contribution in [-0.4, -0.2) is 16.8 Å². The Balaban J connectivity index is 2.20. The van der Waals surface area contributed by atoms with Crippen LogP contribution in [-0.2, 0) is 9.59 Å². The lowest BCUT2D eigenvalue weighted by molar-refractivity contribution is -0.118. The number of ketones is 1. The first-order valence-corrected chi connectivity index (χ1v) is 8.37. The molecule has 25 heavy (non-hydrogen) atoms. The molecule has 128 valence electrons. The third-order valence-corrected chi connectivity index (χ3v) is 4.47. The van der Waals surface area contributed by atoms with Crippen LogP contribution in [0.25, 0.3) is 0 Å². The number of carbonyl (C=O) groups excluding carboxylic acids is 2. The van der Waals surface area contributed by atoms with Gasteiger partial charge in [-0.3, -0.25) is 14.5 Å². The first-order chi connectivity index (χ1) is 11.9. The Kier molecular flexibility index (Phi) is 4.45. The van der Waals surface area contributed by atoms with E-state index in [9.17, 15) is 14.7 Å². The van der Waals surface area contributed by atoms with E-state index in [-0.39, 0.29) is 17.8 Å². The molecular formula is C21H21NO3. The molecule has 0 aromatic heterocycles. The van der Waals surface area contributed by atoms with Crippen LogP contribution in [0.5, 0.6) is 0 Å². The summed E-state index contributed by atoms with van der Waals surface area (Å²) < 4.78 is 0. The quantitative estimate of drug-likeness (QED) is 0.912. The van der Waals surface area contributed by atoms with Crippen molar-refractivity contribution < 1.29 is 14.7 Å². The number of nitrogens with zero attached hydrogens (tertiary/aromatic N) is 1. The van der Waals surface area contributed by atoms with Gasteiger partial charge in [0.05, 0.1) is 11.6 Å². The zero-order valence-electron chi connectivity index (χ0n) is 14.6. The summed E-state index contributed by atoms with van der Waals surface area (Å²) in [6, 6.07) is 14.6. The van der Waals surface area contributed by atoms with E-state index in [0.29, 0.717) is 5.69 Å². The molecule has 1 N–H and O–H groups in total. The lowest BCUT2D eigenvalue weighted by Crippen LogP contribution is -2.31. The third-order valence-electron chi connectivity index (χ3n) is 4.47. The molecule has 0 saturated carbocycles. The lowest BCUT2D eigenvalue weighted by atomic mass is 9.94. The van der Waals surface area contributed by atoms with Crippen LogP contribution in [0, 0.1) is 13.8 Å². The summed E-state index contributed by atoms with van der Waals surface area (Å²) in [5, 5.41) is 10.4. The maximum atomic E-state index is 12.8. The highest BCUT2D eigenvalue weighted by molar-refractivity contribution is 6.16. The molecule has 4 heteroatoms. The summed E-state index contributed by atoms with van der Waals surface area (Å²) in [5.41, 5.74) is 3.70. The predicted octanol–water partition coefficient (Wildman–Crippen LogP) is 4.18. The number of aliphatic hydroxyl groups excluding tert-OH is 1. The number of aliphatic hydroxyl groups is 1. The Bertz CT molecular complexity index is 882. The normalized spacial score (nSPS) is 17.3. The van der Waals surface area contributed by atoms with Gasteiger partial charge in [0.2, 0.25) is 0 Å². The second-order valence-corrected chi connectivity index (χ2v) is 6.37. The van der Waals surface area contributed by atoms with Crippen LogP contribution < -0.4 is 4.90 Å². The summed E-state index contributed by atoms with van der Waals surface area (Å²) >= 11 is 0. The van der Waals surface area contributed by atoms with E-state index in [1.165, 1.54) is 4.90 Å². The minimum Gasteiger partial charge on any atom is -0.503 e. The van der Waals surface area contributed by atoms with Gasteiger partial charge in [-0.2, -0.15) is 0 Å². The largest absolute Gasteiger partial charge is 0.503 e. The van der Waals surface area contributed by atoms with Crippen molar-refractivity contribution in [2.24, 2.45) is 0 Å². The first kappa shape index (κ1) is 17.0. The Hall–Kier alpha value is -2.88.